The third-order valence-corrected chi connectivity index (χ3v) is 4.91. The molecule has 1 heteroatoms. The number of allylic oxidation sites excluding steroid dienone is 1. The van der Waals surface area contributed by atoms with Crippen molar-refractivity contribution in [2.75, 3.05) is 6.54 Å². The number of hydrogen-bond acceptors (Lipinski definition) is 1. The lowest BCUT2D eigenvalue weighted by Crippen LogP contribution is -2.39. The number of rotatable bonds is 9. The summed E-state index contributed by atoms with van der Waals surface area (Å²) in [4.78, 5) is 0. The molecule has 112 valence electrons. The minimum atomic E-state index is 0.757. The molecular formula is C18H35N. The molecule has 0 bridgehead atoms. The van der Waals surface area contributed by atoms with Crippen LogP contribution in [0.5, 0.6) is 0 Å². The van der Waals surface area contributed by atoms with Crippen molar-refractivity contribution in [3.8, 4) is 0 Å². The van der Waals surface area contributed by atoms with E-state index in [9.17, 15) is 0 Å². The van der Waals surface area contributed by atoms with Gasteiger partial charge in [-0.15, -0.1) is 6.58 Å². The van der Waals surface area contributed by atoms with Crippen LogP contribution in [-0.2, 0) is 0 Å². The summed E-state index contributed by atoms with van der Waals surface area (Å²) >= 11 is 0. The summed E-state index contributed by atoms with van der Waals surface area (Å²) in [6.45, 7) is 12.1. The van der Waals surface area contributed by atoms with Crippen LogP contribution >= 0.6 is 0 Å². The molecule has 0 aromatic carbocycles. The highest BCUT2D eigenvalue weighted by Crippen LogP contribution is 2.35. The van der Waals surface area contributed by atoms with Gasteiger partial charge in [-0.1, -0.05) is 26.8 Å². The second-order valence-electron chi connectivity index (χ2n) is 6.70. The van der Waals surface area contributed by atoms with E-state index in [-0.39, 0.29) is 0 Å². The van der Waals surface area contributed by atoms with Gasteiger partial charge in [0.1, 0.15) is 0 Å². The summed E-state index contributed by atoms with van der Waals surface area (Å²) in [5, 5.41) is 3.81. The van der Waals surface area contributed by atoms with Crippen molar-refractivity contribution in [3.05, 3.63) is 12.7 Å². The van der Waals surface area contributed by atoms with Gasteiger partial charge in [0.15, 0.2) is 0 Å². The minimum absolute atomic E-state index is 0.757. The van der Waals surface area contributed by atoms with E-state index in [4.69, 9.17) is 0 Å². The van der Waals surface area contributed by atoms with E-state index in [0.29, 0.717) is 0 Å². The Morgan fingerprint density at radius 2 is 1.79 bits per heavy atom. The molecule has 1 saturated carbocycles. The quantitative estimate of drug-likeness (QED) is 0.448. The van der Waals surface area contributed by atoms with E-state index in [1.54, 1.807) is 0 Å². The lowest BCUT2D eigenvalue weighted by atomic mass is 9.74. The molecule has 0 aromatic rings. The molecule has 1 nitrogen and oxygen atoms in total. The van der Waals surface area contributed by atoms with Crippen LogP contribution in [-0.4, -0.2) is 12.6 Å². The van der Waals surface area contributed by atoms with Crippen LogP contribution in [0.4, 0.5) is 0 Å². The van der Waals surface area contributed by atoms with Crippen LogP contribution in [0.2, 0.25) is 0 Å². The van der Waals surface area contributed by atoms with E-state index < -0.39 is 0 Å². The van der Waals surface area contributed by atoms with Gasteiger partial charge in [0.25, 0.3) is 0 Å². The van der Waals surface area contributed by atoms with Crippen LogP contribution in [0, 0.1) is 17.8 Å². The fourth-order valence-electron chi connectivity index (χ4n) is 3.53. The van der Waals surface area contributed by atoms with Crippen LogP contribution in [0.15, 0.2) is 12.7 Å². The molecule has 0 aliphatic heterocycles. The first-order chi connectivity index (χ1) is 9.19. The van der Waals surface area contributed by atoms with Crippen molar-refractivity contribution in [1.29, 1.82) is 0 Å². The molecule has 1 atom stereocenters. The average molecular weight is 265 g/mol. The summed E-state index contributed by atoms with van der Waals surface area (Å²) < 4.78 is 0. The fourth-order valence-corrected chi connectivity index (χ4v) is 3.53. The van der Waals surface area contributed by atoms with Crippen LogP contribution in [0.25, 0.3) is 0 Å². The first kappa shape index (κ1) is 16.8. The lowest BCUT2D eigenvalue weighted by Gasteiger charge is -2.36. The average Bonchev–Trinajstić information content (AvgIpc) is 2.43. The highest BCUT2D eigenvalue weighted by molar-refractivity contribution is 4.83. The van der Waals surface area contributed by atoms with E-state index in [1.807, 2.05) is 0 Å². The minimum Gasteiger partial charge on any atom is -0.314 e. The molecular weight excluding hydrogens is 230 g/mol. The zero-order valence-corrected chi connectivity index (χ0v) is 13.5. The Morgan fingerprint density at radius 3 is 2.32 bits per heavy atom. The molecule has 1 N–H and O–H groups in total. The number of unbranched alkanes of at least 4 members (excludes halogenated alkanes) is 1. The Hall–Kier alpha value is -0.300. The molecule has 1 aliphatic rings. The molecule has 0 heterocycles. The van der Waals surface area contributed by atoms with E-state index in [0.717, 1.165) is 23.8 Å². The van der Waals surface area contributed by atoms with Crippen molar-refractivity contribution in [2.45, 2.75) is 78.2 Å². The lowest BCUT2D eigenvalue weighted by molar-refractivity contribution is 0.183. The Bertz CT molecular complexity index is 226. The van der Waals surface area contributed by atoms with Crippen LogP contribution in [0.3, 0.4) is 0 Å². The zero-order chi connectivity index (χ0) is 14.1. The monoisotopic (exact) mass is 265 g/mol. The summed E-state index contributed by atoms with van der Waals surface area (Å²) in [7, 11) is 0. The van der Waals surface area contributed by atoms with Crippen molar-refractivity contribution in [2.24, 2.45) is 17.8 Å². The summed E-state index contributed by atoms with van der Waals surface area (Å²) in [5.41, 5.74) is 0. The Morgan fingerprint density at radius 1 is 1.16 bits per heavy atom. The second kappa shape index (κ2) is 9.58. The maximum absolute atomic E-state index is 3.84. The standard InChI is InChI=1S/C18H35N/c1-5-7-8-9-18(19-14-6-2)17-12-10-16(11-13-17)15(3)4/h5,15-19H,1,6-14H2,2-4H3. The van der Waals surface area contributed by atoms with Gasteiger partial charge in [-0.05, 0) is 75.7 Å². The number of nitrogens with one attached hydrogen (secondary N) is 1. The summed E-state index contributed by atoms with van der Waals surface area (Å²) in [6.07, 6.45) is 12.9. The molecule has 0 amide bonds. The Kier molecular flexibility index (Phi) is 8.45. The van der Waals surface area contributed by atoms with Gasteiger partial charge in [0.05, 0.1) is 0 Å². The van der Waals surface area contributed by atoms with Crippen LogP contribution in [0.1, 0.15) is 72.1 Å². The highest BCUT2D eigenvalue weighted by atomic mass is 14.9. The highest BCUT2D eigenvalue weighted by Gasteiger charge is 2.27. The molecule has 1 aliphatic carbocycles. The van der Waals surface area contributed by atoms with Gasteiger partial charge in [-0.25, -0.2) is 0 Å². The molecule has 19 heavy (non-hydrogen) atoms. The smallest absolute Gasteiger partial charge is 0.00954 e. The van der Waals surface area contributed by atoms with Crippen molar-refractivity contribution in [3.63, 3.8) is 0 Å². The molecule has 0 aromatic heterocycles. The predicted octanol–water partition coefficient (Wildman–Crippen LogP) is 5.17. The van der Waals surface area contributed by atoms with Gasteiger partial charge >= 0.3 is 0 Å². The van der Waals surface area contributed by atoms with Crippen molar-refractivity contribution < 1.29 is 0 Å². The first-order valence-electron chi connectivity index (χ1n) is 8.53. The maximum atomic E-state index is 3.84. The first-order valence-corrected chi connectivity index (χ1v) is 8.53. The molecule has 0 radical (unpaired) electrons. The summed E-state index contributed by atoms with van der Waals surface area (Å²) in [5.74, 6) is 2.78. The molecule has 1 rings (SSSR count). The van der Waals surface area contributed by atoms with Gasteiger partial charge < -0.3 is 5.32 Å². The molecule has 1 unspecified atom stereocenters. The van der Waals surface area contributed by atoms with Crippen molar-refractivity contribution >= 4 is 0 Å². The fraction of sp³-hybridized carbons (Fsp3) is 0.889. The predicted molar refractivity (Wildman–Crippen MR) is 86.4 cm³/mol. The molecule has 0 saturated heterocycles. The van der Waals surface area contributed by atoms with Gasteiger partial charge in [0, 0.05) is 6.04 Å². The third kappa shape index (κ3) is 6.12. The maximum Gasteiger partial charge on any atom is 0.00954 e. The molecule has 0 spiro atoms. The van der Waals surface area contributed by atoms with Crippen LogP contribution < -0.4 is 5.32 Å². The van der Waals surface area contributed by atoms with E-state index in [1.165, 1.54) is 57.9 Å². The third-order valence-electron chi connectivity index (χ3n) is 4.91. The Labute approximate surface area is 121 Å². The normalized spacial score (nSPS) is 25.5. The zero-order valence-electron chi connectivity index (χ0n) is 13.5. The second-order valence-corrected chi connectivity index (χ2v) is 6.70. The Balaban J connectivity index is 2.39. The topological polar surface area (TPSA) is 12.0 Å². The van der Waals surface area contributed by atoms with Gasteiger partial charge in [-0.3, -0.25) is 0 Å². The van der Waals surface area contributed by atoms with Crippen molar-refractivity contribution in [1.82, 2.24) is 5.32 Å². The largest absolute Gasteiger partial charge is 0.314 e. The SMILES string of the molecule is C=CCCCC(NCCC)C1CCC(C(C)C)CC1. The van der Waals surface area contributed by atoms with Gasteiger partial charge in [-0.2, -0.15) is 0 Å². The van der Waals surface area contributed by atoms with E-state index >= 15 is 0 Å². The number of hydrogen-bond donors (Lipinski definition) is 1. The van der Waals surface area contributed by atoms with E-state index in [2.05, 4.69) is 38.7 Å². The summed E-state index contributed by atoms with van der Waals surface area (Å²) in [6, 6.07) is 0.757. The van der Waals surface area contributed by atoms with Gasteiger partial charge in [0.2, 0.25) is 0 Å². The molecule has 1 fully saturated rings.